The van der Waals surface area contributed by atoms with E-state index in [0.29, 0.717) is 18.9 Å². The molecule has 0 aliphatic rings. The highest BCUT2D eigenvalue weighted by Crippen LogP contribution is 2.11. The smallest absolute Gasteiger partial charge is 0.314 e. The Hall–Kier alpha value is -1.84. The van der Waals surface area contributed by atoms with Gasteiger partial charge in [-0.15, -0.1) is 5.16 Å². The van der Waals surface area contributed by atoms with Gasteiger partial charge in [0.15, 0.2) is 0 Å². The van der Waals surface area contributed by atoms with E-state index in [1.54, 1.807) is 0 Å². The van der Waals surface area contributed by atoms with Gasteiger partial charge in [-0.25, -0.2) is 0 Å². The Kier molecular flexibility index (Phi) is 6.64. The lowest BCUT2D eigenvalue weighted by atomic mass is 10.0. The molecule has 19 heavy (non-hydrogen) atoms. The van der Waals surface area contributed by atoms with Crippen LogP contribution in [-0.4, -0.2) is 24.0 Å². The number of carbonyl (C=O) groups excluding carboxylic acids is 1. The van der Waals surface area contributed by atoms with Gasteiger partial charge in [-0.1, -0.05) is 44.2 Å². The van der Waals surface area contributed by atoms with Gasteiger partial charge in [0.25, 0.3) is 0 Å². The van der Waals surface area contributed by atoms with E-state index in [9.17, 15) is 4.79 Å². The molecule has 0 saturated carbocycles. The van der Waals surface area contributed by atoms with Crippen molar-refractivity contribution in [2.45, 2.75) is 26.7 Å². The first-order valence-corrected chi connectivity index (χ1v) is 6.51. The van der Waals surface area contributed by atoms with Gasteiger partial charge < -0.3 is 9.94 Å². The zero-order valence-electron chi connectivity index (χ0n) is 11.5. The highest BCUT2D eigenvalue weighted by molar-refractivity contribution is 5.89. The molecule has 0 aliphatic heterocycles. The van der Waals surface area contributed by atoms with Crippen LogP contribution in [0.2, 0.25) is 0 Å². The summed E-state index contributed by atoms with van der Waals surface area (Å²) in [6, 6.07) is 9.88. The van der Waals surface area contributed by atoms with Crippen LogP contribution in [0.15, 0.2) is 35.5 Å². The summed E-state index contributed by atoms with van der Waals surface area (Å²) >= 11 is 0. The van der Waals surface area contributed by atoms with Crippen molar-refractivity contribution in [3.8, 4) is 0 Å². The molecule has 4 nitrogen and oxygen atoms in total. The third-order valence-corrected chi connectivity index (χ3v) is 2.70. The minimum Gasteiger partial charge on any atom is -0.465 e. The molecule has 0 aliphatic carbocycles. The fourth-order valence-corrected chi connectivity index (χ4v) is 1.66. The van der Waals surface area contributed by atoms with Crippen molar-refractivity contribution < 1.29 is 14.7 Å². The van der Waals surface area contributed by atoms with Crippen LogP contribution in [0.5, 0.6) is 0 Å². The lowest BCUT2D eigenvalue weighted by Gasteiger charge is -2.12. The summed E-state index contributed by atoms with van der Waals surface area (Å²) < 4.78 is 5.17. The Morgan fingerprint density at radius 1 is 1.37 bits per heavy atom. The molecule has 0 fully saturated rings. The van der Waals surface area contributed by atoms with Crippen molar-refractivity contribution >= 4 is 12.2 Å². The summed E-state index contributed by atoms with van der Waals surface area (Å²) in [5.74, 6) is -0.531. The van der Waals surface area contributed by atoms with E-state index in [-0.39, 0.29) is 5.97 Å². The SMILES string of the molecule is CC(C)COC(=O)C(/C=N\O)CCc1ccccc1. The van der Waals surface area contributed by atoms with Gasteiger partial charge in [-0.05, 0) is 24.3 Å². The molecular weight excluding hydrogens is 242 g/mol. The Labute approximate surface area is 114 Å². The molecule has 0 spiro atoms. The molecule has 1 unspecified atom stereocenters. The van der Waals surface area contributed by atoms with Crippen LogP contribution in [-0.2, 0) is 16.0 Å². The number of oxime groups is 1. The highest BCUT2D eigenvalue weighted by atomic mass is 16.5. The van der Waals surface area contributed by atoms with Crippen molar-refractivity contribution in [1.82, 2.24) is 0 Å². The quantitative estimate of drug-likeness (QED) is 0.356. The van der Waals surface area contributed by atoms with Gasteiger partial charge in [0.1, 0.15) is 0 Å². The minimum atomic E-state index is -0.496. The Morgan fingerprint density at radius 3 is 2.63 bits per heavy atom. The van der Waals surface area contributed by atoms with Gasteiger partial charge in [-0.2, -0.15) is 0 Å². The lowest BCUT2D eigenvalue weighted by Crippen LogP contribution is -2.21. The number of carbonyl (C=O) groups is 1. The first kappa shape index (κ1) is 15.2. The second kappa shape index (κ2) is 8.29. The topological polar surface area (TPSA) is 58.9 Å². The van der Waals surface area contributed by atoms with E-state index in [4.69, 9.17) is 9.94 Å². The van der Waals surface area contributed by atoms with Crippen LogP contribution in [0.3, 0.4) is 0 Å². The third kappa shape index (κ3) is 6.04. The number of hydrogen-bond acceptors (Lipinski definition) is 4. The van der Waals surface area contributed by atoms with E-state index in [1.807, 2.05) is 44.2 Å². The summed E-state index contributed by atoms with van der Waals surface area (Å²) in [5.41, 5.74) is 1.15. The number of nitrogens with zero attached hydrogens (tertiary/aromatic N) is 1. The number of esters is 1. The van der Waals surface area contributed by atoms with Crippen molar-refractivity contribution in [1.29, 1.82) is 0 Å². The van der Waals surface area contributed by atoms with Crippen molar-refractivity contribution in [2.24, 2.45) is 17.0 Å². The molecule has 1 N–H and O–H groups in total. The number of aryl methyl sites for hydroxylation is 1. The molecule has 1 rings (SSSR count). The average Bonchev–Trinajstić information content (AvgIpc) is 2.42. The molecule has 0 saturated heterocycles. The van der Waals surface area contributed by atoms with Crippen molar-refractivity contribution in [3.63, 3.8) is 0 Å². The summed E-state index contributed by atoms with van der Waals surface area (Å²) in [7, 11) is 0. The minimum absolute atomic E-state index is 0.296. The summed E-state index contributed by atoms with van der Waals surface area (Å²) in [5, 5.41) is 11.6. The van der Waals surface area contributed by atoms with E-state index in [2.05, 4.69) is 5.16 Å². The Balaban J connectivity index is 2.50. The molecule has 104 valence electrons. The number of benzene rings is 1. The second-order valence-corrected chi connectivity index (χ2v) is 4.92. The van der Waals surface area contributed by atoms with Gasteiger partial charge in [0.2, 0.25) is 0 Å². The number of hydrogen-bond donors (Lipinski definition) is 1. The van der Waals surface area contributed by atoms with E-state index < -0.39 is 5.92 Å². The normalized spacial score (nSPS) is 12.8. The van der Waals surface area contributed by atoms with E-state index >= 15 is 0 Å². The zero-order chi connectivity index (χ0) is 14.1. The van der Waals surface area contributed by atoms with Crippen LogP contribution in [0.25, 0.3) is 0 Å². The molecule has 0 heterocycles. The fourth-order valence-electron chi connectivity index (χ4n) is 1.66. The monoisotopic (exact) mass is 263 g/mol. The second-order valence-electron chi connectivity index (χ2n) is 4.92. The van der Waals surface area contributed by atoms with Gasteiger partial charge >= 0.3 is 5.97 Å². The predicted octanol–water partition coefficient (Wildman–Crippen LogP) is 2.89. The van der Waals surface area contributed by atoms with E-state index in [1.165, 1.54) is 6.21 Å². The average molecular weight is 263 g/mol. The van der Waals surface area contributed by atoms with Crippen molar-refractivity contribution in [2.75, 3.05) is 6.61 Å². The number of rotatable bonds is 7. The standard InChI is InChI=1S/C15H21NO3/c1-12(2)11-19-15(17)14(10-16-18)9-8-13-6-4-3-5-7-13/h3-7,10,12,14,18H,8-9,11H2,1-2H3/b16-10-. The van der Waals surface area contributed by atoms with Crippen LogP contribution in [0.4, 0.5) is 0 Å². The first-order chi connectivity index (χ1) is 9.13. The maximum absolute atomic E-state index is 11.8. The summed E-state index contributed by atoms with van der Waals surface area (Å²) in [4.78, 5) is 11.8. The largest absolute Gasteiger partial charge is 0.465 e. The number of ether oxygens (including phenoxy) is 1. The highest BCUT2D eigenvalue weighted by Gasteiger charge is 2.18. The van der Waals surface area contributed by atoms with Crippen LogP contribution in [0.1, 0.15) is 25.8 Å². The predicted molar refractivity (Wildman–Crippen MR) is 74.3 cm³/mol. The van der Waals surface area contributed by atoms with Gasteiger partial charge in [0, 0.05) is 0 Å². The zero-order valence-corrected chi connectivity index (χ0v) is 11.5. The molecule has 0 aromatic heterocycles. The molecule has 1 aromatic rings. The van der Waals surface area contributed by atoms with Crippen LogP contribution < -0.4 is 0 Å². The molecule has 1 atom stereocenters. The molecule has 0 amide bonds. The third-order valence-electron chi connectivity index (χ3n) is 2.70. The molecule has 1 aromatic carbocycles. The van der Waals surface area contributed by atoms with Crippen LogP contribution in [0, 0.1) is 11.8 Å². The molecule has 4 heteroatoms. The summed E-state index contributed by atoms with van der Waals surface area (Å²) in [6.45, 7) is 4.35. The summed E-state index contributed by atoms with van der Waals surface area (Å²) in [6.07, 6.45) is 2.56. The van der Waals surface area contributed by atoms with Gasteiger partial charge in [-0.3, -0.25) is 4.79 Å². The van der Waals surface area contributed by atoms with Crippen molar-refractivity contribution in [3.05, 3.63) is 35.9 Å². The Morgan fingerprint density at radius 2 is 2.05 bits per heavy atom. The Bertz CT molecular complexity index is 401. The maximum Gasteiger partial charge on any atom is 0.314 e. The van der Waals surface area contributed by atoms with E-state index in [0.717, 1.165) is 12.0 Å². The first-order valence-electron chi connectivity index (χ1n) is 6.51. The van der Waals surface area contributed by atoms with Gasteiger partial charge in [0.05, 0.1) is 18.7 Å². The lowest BCUT2D eigenvalue weighted by molar-refractivity contribution is -0.147. The molecule has 0 bridgehead atoms. The maximum atomic E-state index is 11.8. The molecule has 0 radical (unpaired) electrons. The fraction of sp³-hybridized carbons (Fsp3) is 0.467. The molecular formula is C15H21NO3. The van der Waals surface area contributed by atoms with Crippen LogP contribution >= 0.6 is 0 Å².